The van der Waals surface area contributed by atoms with Crippen LogP contribution in [-0.2, 0) is 12.8 Å². The summed E-state index contributed by atoms with van der Waals surface area (Å²) in [4.78, 5) is 26.7. The fourth-order valence-corrected chi connectivity index (χ4v) is 5.06. The third-order valence-corrected chi connectivity index (χ3v) is 6.46. The molecule has 7 nitrogen and oxygen atoms in total. The Morgan fingerprint density at radius 2 is 2.03 bits per heavy atom. The first-order chi connectivity index (χ1) is 14.5. The second-order valence-corrected chi connectivity index (χ2v) is 8.60. The standard InChI is InChI=1S/C21H21ClN4O3S/c1-2-23-20(29)18-12-5-3-4-6-17(12)30-21(18)24-19(28)15-10-14(25-26-15)13-9-11(22)7-8-16(13)27/h7-10,27H,2-6H2,1H3,(H,23,29)(H,24,28)(H,25,26). The number of aromatic amines is 1. The van der Waals surface area contributed by atoms with Gasteiger partial charge in [0.15, 0.2) is 0 Å². The molecule has 0 unspecified atom stereocenters. The number of rotatable bonds is 5. The molecule has 9 heteroatoms. The molecular formula is C21H21ClN4O3S. The van der Waals surface area contributed by atoms with E-state index in [-0.39, 0.29) is 17.4 Å². The zero-order valence-corrected chi connectivity index (χ0v) is 17.9. The highest BCUT2D eigenvalue weighted by atomic mass is 35.5. The zero-order chi connectivity index (χ0) is 21.3. The Morgan fingerprint density at radius 3 is 2.83 bits per heavy atom. The van der Waals surface area contributed by atoms with Gasteiger partial charge in [-0.05, 0) is 62.4 Å². The molecule has 30 heavy (non-hydrogen) atoms. The number of fused-ring (bicyclic) bond motifs is 1. The summed E-state index contributed by atoms with van der Waals surface area (Å²) in [5.41, 5.74) is 2.65. The molecule has 4 rings (SSSR count). The van der Waals surface area contributed by atoms with Crippen molar-refractivity contribution in [2.45, 2.75) is 32.6 Å². The van der Waals surface area contributed by atoms with E-state index in [1.807, 2.05) is 6.92 Å². The van der Waals surface area contributed by atoms with Crippen molar-refractivity contribution in [3.63, 3.8) is 0 Å². The van der Waals surface area contributed by atoms with E-state index in [2.05, 4.69) is 20.8 Å². The highest BCUT2D eigenvalue weighted by Crippen LogP contribution is 2.38. The van der Waals surface area contributed by atoms with Crippen molar-refractivity contribution in [3.8, 4) is 17.0 Å². The lowest BCUT2D eigenvalue weighted by molar-refractivity contribution is 0.0956. The van der Waals surface area contributed by atoms with Crippen molar-refractivity contribution < 1.29 is 14.7 Å². The average molecular weight is 445 g/mol. The number of anilines is 1. The summed E-state index contributed by atoms with van der Waals surface area (Å²) >= 11 is 7.46. The van der Waals surface area contributed by atoms with Gasteiger partial charge in [-0.1, -0.05) is 11.6 Å². The number of phenolic OH excluding ortho intramolecular Hbond substituents is 1. The molecule has 0 aliphatic heterocycles. The number of aromatic nitrogens is 2. The minimum absolute atomic E-state index is 0.0160. The molecule has 0 spiro atoms. The lowest BCUT2D eigenvalue weighted by Gasteiger charge is -2.12. The molecule has 3 aromatic rings. The number of hydrogen-bond acceptors (Lipinski definition) is 5. The van der Waals surface area contributed by atoms with Gasteiger partial charge in [0.1, 0.15) is 16.4 Å². The van der Waals surface area contributed by atoms with Crippen molar-refractivity contribution in [1.29, 1.82) is 0 Å². The van der Waals surface area contributed by atoms with Gasteiger partial charge in [-0.15, -0.1) is 11.3 Å². The summed E-state index contributed by atoms with van der Waals surface area (Å²) in [6, 6.07) is 6.16. The summed E-state index contributed by atoms with van der Waals surface area (Å²) in [5, 5.41) is 23.6. The zero-order valence-electron chi connectivity index (χ0n) is 16.3. The number of benzene rings is 1. The number of halogens is 1. The summed E-state index contributed by atoms with van der Waals surface area (Å²) in [5.74, 6) is -0.553. The van der Waals surface area contributed by atoms with Crippen molar-refractivity contribution in [2.75, 3.05) is 11.9 Å². The van der Waals surface area contributed by atoms with E-state index in [0.29, 0.717) is 33.4 Å². The first kappa shape index (κ1) is 20.4. The molecule has 0 bridgehead atoms. The molecule has 0 atom stereocenters. The number of thiophene rings is 1. The van der Waals surface area contributed by atoms with Crippen LogP contribution in [0.5, 0.6) is 5.75 Å². The van der Waals surface area contributed by atoms with Crippen molar-refractivity contribution >= 4 is 39.8 Å². The van der Waals surface area contributed by atoms with Gasteiger partial charge in [-0.25, -0.2) is 0 Å². The lowest BCUT2D eigenvalue weighted by Crippen LogP contribution is -2.25. The molecule has 0 fully saturated rings. The van der Waals surface area contributed by atoms with Gasteiger partial charge >= 0.3 is 0 Å². The quantitative estimate of drug-likeness (QED) is 0.468. The predicted octanol–water partition coefficient (Wildman–Crippen LogP) is 4.38. The predicted molar refractivity (Wildman–Crippen MR) is 118 cm³/mol. The largest absolute Gasteiger partial charge is 0.507 e. The number of carbonyl (C=O) groups is 2. The molecule has 0 saturated carbocycles. The topological polar surface area (TPSA) is 107 Å². The Kier molecular flexibility index (Phi) is 5.78. The maximum absolute atomic E-state index is 12.9. The Labute approximate surface area is 182 Å². The molecule has 2 amide bonds. The number of carbonyl (C=O) groups excluding carboxylic acids is 2. The molecule has 2 aromatic heterocycles. The van der Waals surface area contributed by atoms with Gasteiger partial charge in [-0.2, -0.15) is 5.10 Å². The van der Waals surface area contributed by atoms with E-state index in [4.69, 9.17) is 11.6 Å². The number of amides is 2. The van der Waals surface area contributed by atoms with Crippen LogP contribution in [0.15, 0.2) is 24.3 Å². The molecule has 1 aliphatic carbocycles. The maximum Gasteiger partial charge on any atom is 0.274 e. The first-order valence-electron chi connectivity index (χ1n) is 9.76. The monoisotopic (exact) mass is 444 g/mol. The molecule has 156 valence electrons. The highest BCUT2D eigenvalue weighted by Gasteiger charge is 2.26. The van der Waals surface area contributed by atoms with Crippen LogP contribution < -0.4 is 10.6 Å². The molecular weight excluding hydrogens is 424 g/mol. The van der Waals surface area contributed by atoms with Crippen molar-refractivity contribution in [3.05, 3.63) is 51.0 Å². The number of H-pyrrole nitrogens is 1. The Balaban J connectivity index is 1.62. The summed E-state index contributed by atoms with van der Waals surface area (Å²) in [6.45, 7) is 2.39. The van der Waals surface area contributed by atoms with Gasteiger partial charge in [0.25, 0.3) is 11.8 Å². The molecule has 1 aromatic carbocycles. The van der Waals surface area contributed by atoms with Crippen molar-refractivity contribution in [1.82, 2.24) is 15.5 Å². The van der Waals surface area contributed by atoms with Crippen LogP contribution in [0.25, 0.3) is 11.3 Å². The average Bonchev–Trinajstić information content (AvgIpc) is 3.34. The van der Waals surface area contributed by atoms with Crippen LogP contribution in [0.3, 0.4) is 0 Å². The van der Waals surface area contributed by atoms with Gasteiger partial charge in [0, 0.05) is 22.0 Å². The van der Waals surface area contributed by atoms with Crippen molar-refractivity contribution in [2.24, 2.45) is 0 Å². The second kappa shape index (κ2) is 8.49. The number of aromatic hydroxyl groups is 1. The Hall–Kier alpha value is -2.84. The summed E-state index contributed by atoms with van der Waals surface area (Å²) in [7, 11) is 0. The fourth-order valence-electron chi connectivity index (χ4n) is 3.60. The van der Waals surface area contributed by atoms with Gasteiger partial charge < -0.3 is 15.7 Å². The SMILES string of the molecule is CCNC(=O)c1c(NC(=O)c2cc(-c3cc(Cl)ccc3O)n[nH]2)sc2c1CCCC2. The third-order valence-electron chi connectivity index (χ3n) is 5.02. The number of hydrogen-bond donors (Lipinski definition) is 4. The van der Waals surface area contributed by atoms with Crippen LogP contribution in [0.4, 0.5) is 5.00 Å². The molecule has 2 heterocycles. The minimum Gasteiger partial charge on any atom is -0.507 e. The van der Waals surface area contributed by atoms with Crippen LogP contribution in [0.2, 0.25) is 5.02 Å². The van der Waals surface area contributed by atoms with Crippen LogP contribution in [0, 0.1) is 0 Å². The van der Waals surface area contributed by atoms with E-state index in [9.17, 15) is 14.7 Å². The van der Waals surface area contributed by atoms with Crippen LogP contribution in [0.1, 0.15) is 51.1 Å². The van der Waals surface area contributed by atoms with E-state index in [1.165, 1.54) is 17.4 Å². The van der Waals surface area contributed by atoms with E-state index in [0.717, 1.165) is 36.1 Å². The maximum atomic E-state index is 12.9. The Morgan fingerprint density at radius 1 is 1.23 bits per heavy atom. The van der Waals surface area contributed by atoms with Crippen LogP contribution >= 0.6 is 22.9 Å². The number of aryl methyl sites for hydroxylation is 1. The smallest absolute Gasteiger partial charge is 0.274 e. The van der Waals surface area contributed by atoms with Crippen LogP contribution in [-0.4, -0.2) is 33.7 Å². The normalized spacial score (nSPS) is 13.0. The molecule has 4 N–H and O–H groups in total. The number of nitrogens with zero attached hydrogens (tertiary/aromatic N) is 1. The Bertz CT molecular complexity index is 1120. The van der Waals surface area contributed by atoms with Gasteiger partial charge in [0.2, 0.25) is 0 Å². The van der Waals surface area contributed by atoms with Gasteiger partial charge in [0.05, 0.1) is 11.3 Å². The minimum atomic E-state index is -0.403. The van der Waals surface area contributed by atoms with E-state index in [1.54, 1.807) is 18.2 Å². The molecule has 1 aliphatic rings. The van der Waals surface area contributed by atoms with E-state index < -0.39 is 5.91 Å². The fraction of sp³-hybridized carbons (Fsp3) is 0.286. The number of nitrogens with one attached hydrogen (secondary N) is 3. The number of phenols is 1. The van der Waals surface area contributed by atoms with E-state index >= 15 is 0 Å². The molecule has 0 radical (unpaired) electrons. The lowest BCUT2D eigenvalue weighted by atomic mass is 9.95. The van der Waals surface area contributed by atoms with Gasteiger partial charge in [-0.3, -0.25) is 14.7 Å². The first-order valence-corrected chi connectivity index (χ1v) is 11.0. The highest BCUT2D eigenvalue weighted by molar-refractivity contribution is 7.17. The third kappa shape index (κ3) is 3.93. The second-order valence-electron chi connectivity index (χ2n) is 7.06. The summed E-state index contributed by atoms with van der Waals surface area (Å²) < 4.78 is 0. The molecule has 0 saturated heterocycles. The summed E-state index contributed by atoms with van der Waals surface area (Å²) in [6.07, 6.45) is 3.89.